The van der Waals surface area contributed by atoms with E-state index in [-0.39, 0.29) is 18.4 Å². The van der Waals surface area contributed by atoms with Gasteiger partial charge in [-0.3, -0.25) is 9.59 Å². The van der Waals surface area contributed by atoms with Gasteiger partial charge in [0.2, 0.25) is 17.6 Å². The molecule has 0 saturated carbocycles. The summed E-state index contributed by atoms with van der Waals surface area (Å²) in [6.07, 6.45) is 1.31. The smallest absolute Gasteiger partial charge is 0.251 e. The fourth-order valence-corrected chi connectivity index (χ4v) is 2.54. The first-order valence-corrected chi connectivity index (χ1v) is 8.17. The van der Waals surface area contributed by atoms with E-state index >= 15 is 0 Å². The van der Waals surface area contributed by atoms with E-state index in [1.165, 1.54) is 0 Å². The van der Waals surface area contributed by atoms with Crippen LogP contribution in [0.15, 0.2) is 28.8 Å². The molecule has 2 heterocycles. The predicted molar refractivity (Wildman–Crippen MR) is 88.0 cm³/mol. The molecule has 0 bridgehead atoms. The molecule has 1 aromatic heterocycles. The van der Waals surface area contributed by atoms with Crippen LogP contribution in [0.3, 0.4) is 0 Å². The van der Waals surface area contributed by atoms with Gasteiger partial charge in [-0.25, -0.2) is 0 Å². The van der Waals surface area contributed by atoms with Gasteiger partial charge in [0.1, 0.15) is 11.8 Å². The number of amides is 2. The third kappa shape index (κ3) is 3.96. The standard InChI is InChI=1S/C17H20N4O4/c1-3-15-19-14(20-25-15)10-24-12-6-4-11(5-7-12)16(22)18-13-8-9-21(2)17(13)23/h4-7,13H,3,8-10H2,1-2H3,(H,18,22). The van der Waals surface area contributed by atoms with Crippen LogP contribution in [0.2, 0.25) is 0 Å². The number of likely N-dealkylation sites (N-methyl/N-ethyl adjacent to an activating group) is 1. The van der Waals surface area contributed by atoms with Crippen LogP contribution in [-0.4, -0.2) is 46.5 Å². The number of carbonyl (C=O) groups is 2. The quantitative estimate of drug-likeness (QED) is 0.845. The second-order valence-electron chi connectivity index (χ2n) is 5.85. The van der Waals surface area contributed by atoms with Crippen LogP contribution < -0.4 is 10.1 Å². The first-order chi connectivity index (χ1) is 12.1. The van der Waals surface area contributed by atoms with Crippen molar-refractivity contribution in [3.63, 3.8) is 0 Å². The Bertz CT molecular complexity index is 756. The van der Waals surface area contributed by atoms with Crippen molar-refractivity contribution < 1.29 is 18.8 Å². The summed E-state index contributed by atoms with van der Waals surface area (Å²) >= 11 is 0. The Morgan fingerprint density at radius 2 is 2.16 bits per heavy atom. The summed E-state index contributed by atoms with van der Waals surface area (Å²) < 4.78 is 10.6. The molecule has 3 rings (SSSR count). The van der Waals surface area contributed by atoms with Crippen LogP contribution in [0.1, 0.15) is 35.4 Å². The highest BCUT2D eigenvalue weighted by atomic mass is 16.5. The molecule has 1 atom stereocenters. The Labute approximate surface area is 145 Å². The molecule has 8 nitrogen and oxygen atoms in total. The van der Waals surface area contributed by atoms with Crippen LogP contribution >= 0.6 is 0 Å². The van der Waals surface area contributed by atoms with Crippen LogP contribution in [0.5, 0.6) is 5.75 Å². The second kappa shape index (κ2) is 7.33. The lowest BCUT2D eigenvalue weighted by molar-refractivity contribution is -0.128. The monoisotopic (exact) mass is 344 g/mol. The maximum Gasteiger partial charge on any atom is 0.251 e. The molecule has 0 radical (unpaired) electrons. The van der Waals surface area contributed by atoms with Gasteiger partial charge in [0.05, 0.1) is 0 Å². The average Bonchev–Trinajstić information content (AvgIpc) is 3.22. The first kappa shape index (κ1) is 16.9. The van der Waals surface area contributed by atoms with Gasteiger partial charge in [-0.05, 0) is 30.7 Å². The van der Waals surface area contributed by atoms with Gasteiger partial charge < -0.3 is 19.5 Å². The summed E-state index contributed by atoms with van der Waals surface area (Å²) in [6, 6.07) is 6.25. The molecule has 1 aliphatic heterocycles. The van der Waals surface area contributed by atoms with Crippen molar-refractivity contribution in [3.05, 3.63) is 41.5 Å². The predicted octanol–water partition coefficient (Wildman–Crippen LogP) is 1.17. The molecule has 1 N–H and O–H groups in total. The van der Waals surface area contributed by atoms with Gasteiger partial charge in [0.15, 0.2) is 6.61 Å². The summed E-state index contributed by atoms with van der Waals surface area (Å²) in [5.74, 6) is 1.31. The lowest BCUT2D eigenvalue weighted by Crippen LogP contribution is -2.40. The van der Waals surface area contributed by atoms with Crippen molar-refractivity contribution in [2.45, 2.75) is 32.4 Å². The van der Waals surface area contributed by atoms with E-state index in [1.54, 1.807) is 36.2 Å². The van der Waals surface area contributed by atoms with E-state index in [4.69, 9.17) is 9.26 Å². The minimum Gasteiger partial charge on any atom is -0.485 e. The van der Waals surface area contributed by atoms with Gasteiger partial charge in [-0.2, -0.15) is 4.98 Å². The fraction of sp³-hybridized carbons (Fsp3) is 0.412. The number of benzene rings is 1. The molecule has 1 aromatic carbocycles. The van der Waals surface area contributed by atoms with Gasteiger partial charge >= 0.3 is 0 Å². The van der Waals surface area contributed by atoms with Crippen molar-refractivity contribution in [1.29, 1.82) is 0 Å². The van der Waals surface area contributed by atoms with Gasteiger partial charge in [0.25, 0.3) is 5.91 Å². The summed E-state index contributed by atoms with van der Waals surface area (Å²) in [5.41, 5.74) is 0.475. The summed E-state index contributed by atoms with van der Waals surface area (Å²) in [7, 11) is 1.73. The zero-order valence-corrected chi connectivity index (χ0v) is 14.2. The number of hydrogen-bond donors (Lipinski definition) is 1. The normalized spacial score (nSPS) is 17.0. The third-order valence-corrected chi connectivity index (χ3v) is 4.03. The van der Waals surface area contributed by atoms with Crippen molar-refractivity contribution >= 4 is 11.8 Å². The van der Waals surface area contributed by atoms with Crippen molar-refractivity contribution in [3.8, 4) is 5.75 Å². The topological polar surface area (TPSA) is 97.6 Å². The number of hydrogen-bond acceptors (Lipinski definition) is 6. The number of nitrogens with one attached hydrogen (secondary N) is 1. The van der Waals surface area contributed by atoms with Crippen molar-refractivity contribution in [1.82, 2.24) is 20.4 Å². The lowest BCUT2D eigenvalue weighted by Gasteiger charge is -2.12. The highest BCUT2D eigenvalue weighted by molar-refractivity contribution is 5.98. The van der Waals surface area contributed by atoms with Crippen molar-refractivity contribution in [2.24, 2.45) is 0 Å². The molecular weight excluding hydrogens is 324 g/mol. The van der Waals surface area contributed by atoms with E-state index in [0.29, 0.717) is 42.4 Å². The third-order valence-electron chi connectivity index (χ3n) is 4.03. The van der Waals surface area contributed by atoms with Crippen LogP contribution in [-0.2, 0) is 17.8 Å². The highest BCUT2D eigenvalue weighted by Gasteiger charge is 2.30. The maximum absolute atomic E-state index is 12.2. The van der Waals surface area contributed by atoms with E-state index in [0.717, 1.165) is 0 Å². The van der Waals surface area contributed by atoms with Crippen LogP contribution in [0.25, 0.3) is 0 Å². The number of likely N-dealkylation sites (tertiary alicyclic amines) is 1. The molecule has 0 spiro atoms. The Kier molecular flexibility index (Phi) is 4.97. The van der Waals surface area contributed by atoms with Crippen LogP contribution in [0, 0.1) is 0 Å². The van der Waals surface area contributed by atoms with E-state index in [1.807, 2.05) is 6.92 Å². The SMILES string of the molecule is CCc1nc(COc2ccc(C(=O)NC3CCN(C)C3=O)cc2)no1. The van der Waals surface area contributed by atoms with E-state index in [9.17, 15) is 9.59 Å². The molecule has 2 aromatic rings. The number of rotatable bonds is 6. The molecule has 1 aliphatic rings. The number of aryl methyl sites for hydroxylation is 1. The highest BCUT2D eigenvalue weighted by Crippen LogP contribution is 2.15. The van der Waals surface area contributed by atoms with Crippen LogP contribution in [0.4, 0.5) is 0 Å². The molecule has 25 heavy (non-hydrogen) atoms. The largest absolute Gasteiger partial charge is 0.485 e. The molecule has 0 aliphatic carbocycles. The molecule has 132 valence electrons. The summed E-state index contributed by atoms with van der Waals surface area (Å²) in [4.78, 5) is 29.8. The molecule has 1 fully saturated rings. The number of ether oxygens (including phenoxy) is 1. The Morgan fingerprint density at radius 1 is 1.40 bits per heavy atom. The number of carbonyl (C=O) groups excluding carboxylic acids is 2. The van der Waals surface area contributed by atoms with Gasteiger partial charge in [-0.1, -0.05) is 12.1 Å². The zero-order valence-electron chi connectivity index (χ0n) is 14.2. The van der Waals surface area contributed by atoms with E-state index in [2.05, 4.69) is 15.5 Å². The minimum absolute atomic E-state index is 0.0557. The number of nitrogens with zero attached hydrogens (tertiary/aromatic N) is 3. The Morgan fingerprint density at radius 3 is 2.76 bits per heavy atom. The fourth-order valence-electron chi connectivity index (χ4n) is 2.54. The average molecular weight is 344 g/mol. The first-order valence-electron chi connectivity index (χ1n) is 8.17. The Hall–Kier alpha value is -2.90. The summed E-state index contributed by atoms with van der Waals surface area (Å²) in [5, 5.41) is 6.57. The number of aromatic nitrogens is 2. The van der Waals surface area contributed by atoms with Crippen molar-refractivity contribution in [2.75, 3.05) is 13.6 Å². The second-order valence-corrected chi connectivity index (χ2v) is 5.85. The molecular formula is C17H20N4O4. The molecule has 1 saturated heterocycles. The minimum atomic E-state index is -0.445. The van der Waals surface area contributed by atoms with E-state index < -0.39 is 6.04 Å². The molecule has 2 amide bonds. The molecule has 1 unspecified atom stereocenters. The summed E-state index contributed by atoms with van der Waals surface area (Å²) in [6.45, 7) is 2.78. The molecule has 8 heteroatoms. The maximum atomic E-state index is 12.2. The lowest BCUT2D eigenvalue weighted by atomic mass is 10.1. The van der Waals surface area contributed by atoms with Gasteiger partial charge in [-0.15, -0.1) is 0 Å². The Balaban J connectivity index is 1.54. The zero-order chi connectivity index (χ0) is 17.8. The van der Waals surface area contributed by atoms with Gasteiger partial charge in [0, 0.05) is 25.6 Å².